The van der Waals surface area contributed by atoms with Gasteiger partial charge in [-0.25, -0.2) is 4.57 Å². The van der Waals surface area contributed by atoms with Crippen LogP contribution in [0.15, 0.2) is 30.3 Å². The van der Waals surface area contributed by atoms with E-state index in [4.69, 9.17) is 19.4 Å². The lowest BCUT2D eigenvalue weighted by Crippen LogP contribution is -2.13. The van der Waals surface area contributed by atoms with Crippen LogP contribution in [0.1, 0.15) is 5.56 Å². The van der Waals surface area contributed by atoms with Crippen LogP contribution in [0.4, 0.5) is 0 Å². The SMILES string of the molecule is COc1ccc(C2=CCON2P(=O)(O)O)cc1. The summed E-state index contributed by atoms with van der Waals surface area (Å²) in [5.41, 5.74) is 1.02. The van der Waals surface area contributed by atoms with E-state index < -0.39 is 7.75 Å². The monoisotopic (exact) mass is 257 g/mol. The summed E-state index contributed by atoms with van der Waals surface area (Å²) in [5, 5.41) is 0. The predicted octanol–water partition coefficient (Wildman–Crippen LogP) is 1.38. The van der Waals surface area contributed by atoms with E-state index in [9.17, 15) is 4.57 Å². The third kappa shape index (κ3) is 2.50. The Morgan fingerprint density at radius 1 is 1.35 bits per heavy atom. The van der Waals surface area contributed by atoms with Crippen molar-refractivity contribution in [3.8, 4) is 5.75 Å². The quantitative estimate of drug-likeness (QED) is 0.796. The van der Waals surface area contributed by atoms with E-state index in [1.165, 1.54) is 0 Å². The van der Waals surface area contributed by atoms with Crippen LogP contribution in [0.5, 0.6) is 5.75 Å². The van der Waals surface area contributed by atoms with Crippen molar-refractivity contribution in [3.05, 3.63) is 35.9 Å². The van der Waals surface area contributed by atoms with Gasteiger partial charge in [0.15, 0.2) is 0 Å². The summed E-state index contributed by atoms with van der Waals surface area (Å²) < 4.78 is 16.2. The molecule has 0 unspecified atom stereocenters. The van der Waals surface area contributed by atoms with Crippen LogP contribution >= 0.6 is 7.75 Å². The molecule has 0 aliphatic carbocycles. The molecule has 7 heteroatoms. The number of hydrogen-bond donors (Lipinski definition) is 2. The molecule has 0 amide bonds. The molecule has 17 heavy (non-hydrogen) atoms. The van der Waals surface area contributed by atoms with Crippen LogP contribution in [0, 0.1) is 0 Å². The van der Waals surface area contributed by atoms with Crippen molar-refractivity contribution in [1.29, 1.82) is 0 Å². The average molecular weight is 257 g/mol. The average Bonchev–Trinajstić information content (AvgIpc) is 2.78. The first kappa shape index (κ1) is 12.1. The maximum Gasteiger partial charge on any atom is 0.453 e. The number of nitrogens with zero attached hydrogens (tertiary/aromatic N) is 1. The molecule has 2 N–H and O–H groups in total. The van der Waals surface area contributed by atoms with Gasteiger partial charge in [-0.3, -0.25) is 4.84 Å². The molecule has 0 radical (unpaired) electrons. The molecular formula is C10H12NO5P. The van der Waals surface area contributed by atoms with Gasteiger partial charge in [0.05, 0.1) is 19.4 Å². The second-order valence-corrected chi connectivity index (χ2v) is 4.79. The molecule has 0 saturated heterocycles. The summed E-state index contributed by atoms with van der Waals surface area (Å²) in [4.78, 5) is 23.7. The van der Waals surface area contributed by atoms with Crippen molar-refractivity contribution in [2.45, 2.75) is 0 Å². The second kappa shape index (κ2) is 4.50. The lowest BCUT2D eigenvalue weighted by molar-refractivity contribution is -0.0266. The Morgan fingerprint density at radius 2 is 2.00 bits per heavy atom. The summed E-state index contributed by atoms with van der Waals surface area (Å²) in [6.07, 6.45) is 1.61. The van der Waals surface area contributed by atoms with Gasteiger partial charge in [-0.2, -0.15) is 4.83 Å². The predicted molar refractivity (Wildman–Crippen MR) is 60.8 cm³/mol. The summed E-state index contributed by atoms with van der Waals surface area (Å²) in [6.45, 7) is 0.145. The Hall–Kier alpha value is -1.33. The molecule has 0 aromatic heterocycles. The van der Waals surface area contributed by atoms with Gasteiger partial charge in [-0.15, -0.1) is 0 Å². The highest BCUT2D eigenvalue weighted by Gasteiger charge is 2.32. The third-order valence-corrected chi connectivity index (χ3v) is 3.11. The first-order valence-electron chi connectivity index (χ1n) is 4.86. The van der Waals surface area contributed by atoms with Crippen molar-refractivity contribution in [2.75, 3.05) is 13.7 Å². The number of hydroxylamine groups is 1. The largest absolute Gasteiger partial charge is 0.497 e. The van der Waals surface area contributed by atoms with Gasteiger partial charge >= 0.3 is 7.75 Å². The van der Waals surface area contributed by atoms with Gasteiger partial charge in [0.2, 0.25) is 0 Å². The van der Waals surface area contributed by atoms with Crippen molar-refractivity contribution >= 4 is 13.4 Å². The normalized spacial score (nSPS) is 15.9. The third-order valence-electron chi connectivity index (χ3n) is 2.30. The van der Waals surface area contributed by atoms with Crippen molar-refractivity contribution < 1.29 is 23.9 Å². The number of rotatable bonds is 3. The number of benzene rings is 1. The van der Waals surface area contributed by atoms with E-state index in [0.29, 0.717) is 21.8 Å². The fourth-order valence-corrected chi connectivity index (χ4v) is 2.23. The minimum atomic E-state index is -4.44. The Bertz CT molecular complexity index is 478. The van der Waals surface area contributed by atoms with Gasteiger partial charge in [0, 0.05) is 5.56 Å². The van der Waals surface area contributed by atoms with Crippen LogP contribution in [-0.4, -0.2) is 28.3 Å². The van der Waals surface area contributed by atoms with Crippen LogP contribution in [0.25, 0.3) is 5.70 Å². The molecule has 1 aromatic rings. The van der Waals surface area contributed by atoms with Crippen LogP contribution in [0.2, 0.25) is 0 Å². The van der Waals surface area contributed by atoms with E-state index in [2.05, 4.69) is 0 Å². The molecule has 0 atom stereocenters. The van der Waals surface area contributed by atoms with E-state index in [-0.39, 0.29) is 6.61 Å². The van der Waals surface area contributed by atoms with Crippen LogP contribution in [-0.2, 0) is 9.40 Å². The molecule has 1 aliphatic heterocycles. The molecule has 0 saturated carbocycles. The first-order valence-corrected chi connectivity index (χ1v) is 6.42. The number of methoxy groups -OCH3 is 1. The molecular weight excluding hydrogens is 245 g/mol. The van der Waals surface area contributed by atoms with Crippen molar-refractivity contribution in [3.63, 3.8) is 0 Å². The Labute approximate surface area is 98.2 Å². The lowest BCUT2D eigenvalue weighted by Gasteiger charge is -2.21. The van der Waals surface area contributed by atoms with Crippen LogP contribution in [0.3, 0.4) is 0 Å². The van der Waals surface area contributed by atoms with E-state index in [1.807, 2.05) is 0 Å². The zero-order valence-corrected chi connectivity index (χ0v) is 10.0. The van der Waals surface area contributed by atoms with E-state index in [1.54, 1.807) is 37.5 Å². The minimum Gasteiger partial charge on any atom is -0.497 e. The van der Waals surface area contributed by atoms with Crippen molar-refractivity contribution in [1.82, 2.24) is 4.83 Å². The Balaban J connectivity index is 2.30. The summed E-state index contributed by atoms with van der Waals surface area (Å²) in [6, 6.07) is 6.85. The molecule has 1 aliphatic rings. The smallest absolute Gasteiger partial charge is 0.453 e. The maximum absolute atomic E-state index is 11.2. The molecule has 1 heterocycles. The Morgan fingerprint density at radius 3 is 2.53 bits per heavy atom. The molecule has 0 bridgehead atoms. The molecule has 0 fully saturated rings. The highest BCUT2D eigenvalue weighted by Crippen LogP contribution is 2.48. The lowest BCUT2D eigenvalue weighted by atomic mass is 10.1. The summed E-state index contributed by atoms with van der Waals surface area (Å²) in [5.74, 6) is 0.677. The highest BCUT2D eigenvalue weighted by atomic mass is 31.2. The van der Waals surface area contributed by atoms with Gasteiger partial charge in [0.1, 0.15) is 5.75 Å². The molecule has 2 rings (SSSR count). The molecule has 6 nitrogen and oxygen atoms in total. The highest BCUT2D eigenvalue weighted by molar-refractivity contribution is 7.49. The summed E-state index contributed by atoms with van der Waals surface area (Å²) >= 11 is 0. The molecule has 92 valence electrons. The molecule has 1 aromatic carbocycles. The van der Waals surface area contributed by atoms with Gasteiger partial charge in [-0.1, -0.05) is 0 Å². The number of ether oxygens (including phenoxy) is 1. The number of hydrogen-bond acceptors (Lipinski definition) is 3. The first-order chi connectivity index (χ1) is 8.02. The zero-order chi connectivity index (χ0) is 12.5. The topological polar surface area (TPSA) is 79.2 Å². The Kier molecular flexibility index (Phi) is 3.22. The second-order valence-electron chi connectivity index (χ2n) is 3.40. The fourth-order valence-electron chi connectivity index (χ4n) is 1.54. The van der Waals surface area contributed by atoms with Crippen LogP contribution < -0.4 is 4.74 Å². The van der Waals surface area contributed by atoms with Gasteiger partial charge in [0.25, 0.3) is 0 Å². The van der Waals surface area contributed by atoms with E-state index >= 15 is 0 Å². The maximum atomic E-state index is 11.2. The van der Waals surface area contributed by atoms with E-state index in [0.717, 1.165) is 0 Å². The molecule has 0 spiro atoms. The zero-order valence-electron chi connectivity index (χ0n) is 9.11. The summed E-state index contributed by atoms with van der Waals surface area (Å²) in [7, 11) is -2.89. The van der Waals surface area contributed by atoms with Crippen molar-refractivity contribution in [2.24, 2.45) is 0 Å². The minimum absolute atomic E-state index is 0.145. The fraction of sp³-hybridized carbons (Fsp3) is 0.200. The van der Waals surface area contributed by atoms with Gasteiger partial charge in [-0.05, 0) is 30.3 Å². The van der Waals surface area contributed by atoms with Gasteiger partial charge < -0.3 is 14.5 Å². The standard InChI is InChI=1S/C10H12NO5P/c1-15-9-4-2-8(3-5-9)10-6-7-16-11(10)17(12,13)14/h2-6H,7H2,1H3,(H2,12,13,14).